The molecule has 0 spiro atoms. The number of carbonyl (C=O) groups is 4. The van der Waals surface area contributed by atoms with Crippen LogP contribution in [0.1, 0.15) is 42.2 Å². The number of Topliss-reactive ketones (excluding diaryl/α,β-unsaturated/α-hetero) is 1. The van der Waals surface area contributed by atoms with E-state index < -0.39 is 24.2 Å². The molecule has 3 aromatic rings. The van der Waals surface area contributed by atoms with E-state index in [1.165, 1.54) is 16.0 Å². The average molecular weight is 505 g/mol. The zero-order valence-electron chi connectivity index (χ0n) is 20.7. The second kappa shape index (κ2) is 10.0. The third kappa shape index (κ3) is 4.54. The fourth-order valence-corrected chi connectivity index (χ4v) is 5.23. The number of carbonyl (C=O) groups excluding carboxylic acids is 4. The fourth-order valence-electron chi connectivity index (χ4n) is 5.23. The van der Waals surface area contributed by atoms with E-state index in [1.807, 2.05) is 25.1 Å². The van der Waals surface area contributed by atoms with Crippen molar-refractivity contribution in [3.63, 3.8) is 0 Å². The molecule has 3 amide bonds. The molecular weight excluding hydrogens is 476 g/mol. The van der Waals surface area contributed by atoms with Crippen LogP contribution in [0.2, 0.25) is 0 Å². The monoisotopic (exact) mass is 504 g/mol. The van der Waals surface area contributed by atoms with E-state index in [1.54, 1.807) is 31.2 Å². The Morgan fingerprint density at radius 1 is 1.16 bits per heavy atom. The summed E-state index contributed by atoms with van der Waals surface area (Å²) in [5.74, 6) is -0.829. The number of nitrogens with one attached hydrogen (secondary N) is 1. The van der Waals surface area contributed by atoms with Crippen LogP contribution in [0, 0.1) is 6.92 Å². The minimum absolute atomic E-state index is 0.0669. The van der Waals surface area contributed by atoms with E-state index >= 15 is 0 Å². The van der Waals surface area contributed by atoms with Crippen molar-refractivity contribution >= 4 is 34.7 Å². The van der Waals surface area contributed by atoms with Crippen molar-refractivity contribution in [2.24, 2.45) is 0 Å². The zero-order valence-corrected chi connectivity index (χ0v) is 20.7. The van der Waals surface area contributed by atoms with E-state index in [4.69, 9.17) is 9.15 Å². The second-order valence-corrected chi connectivity index (χ2v) is 9.33. The van der Waals surface area contributed by atoms with Gasteiger partial charge in [0, 0.05) is 23.7 Å². The van der Waals surface area contributed by atoms with E-state index in [0.717, 1.165) is 5.39 Å². The second-order valence-electron chi connectivity index (χ2n) is 9.33. The molecule has 1 N–H and O–H groups in total. The molecule has 0 saturated carbocycles. The molecule has 1 aromatic carbocycles. The summed E-state index contributed by atoms with van der Waals surface area (Å²) in [5, 5.41) is 3.49. The van der Waals surface area contributed by atoms with Gasteiger partial charge in [-0.25, -0.2) is 4.79 Å². The van der Waals surface area contributed by atoms with Gasteiger partial charge in [-0.05, 0) is 38.0 Å². The van der Waals surface area contributed by atoms with Gasteiger partial charge in [0.1, 0.15) is 23.4 Å². The predicted molar refractivity (Wildman–Crippen MR) is 133 cm³/mol. The first kappa shape index (κ1) is 24.5. The highest BCUT2D eigenvalue weighted by Gasteiger charge is 2.52. The van der Waals surface area contributed by atoms with E-state index in [9.17, 15) is 19.2 Å². The quantitative estimate of drug-likeness (QED) is 0.547. The highest BCUT2D eigenvalue weighted by molar-refractivity contribution is 6.02. The molecule has 5 rings (SSSR count). The highest BCUT2D eigenvalue weighted by Crippen LogP contribution is 2.32. The number of nitrogens with zero attached hydrogens (tertiary/aromatic N) is 3. The summed E-state index contributed by atoms with van der Waals surface area (Å²) < 4.78 is 11.1. The Bertz CT molecular complexity index is 1350. The third-order valence-electron chi connectivity index (χ3n) is 7.00. The van der Waals surface area contributed by atoms with Gasteiger partial charge in [0.15, 0.2) is 5.78 Å². The SMILES string of the molecule is CCCC(NC(=O)Oc1oc2ccccc2c1C)C(=O)N1CCC2C1C(=O)CN2C(=O)c1ccccn1. The van der Waals surface area contributed by atoms with Gasteiger partial charge < -0.3 is 24.3 Å². The van der Waals surface area contributed by atoms with Crippen LogP contribution in [0.15, 0.2) is 53.1 Å². The van der Waals surface area contributed by atoms with Crippen LogP contribution in [0.25, 0.3) is 11.0 Å². The molecule has 4 heterocycles. The van der Waals surface area contributed by atoms with Crippen LogP contribution in [0.5, 0.6) is 5.95 Å². The van der Waals surface area contributed by atoms with Crippen molar-refractivity contribution in [2.75, 3.05) is 13.1 Å². The lowest BCUT2D eigenvalue weighted by atomic mass is 10.1. The first-order chi connectivity index (χ1) is 17.9. The minimum Gasteiger partial charge on any atom is -0.425 e. The number of aryl methyl sites for hydroxylation is 1. The number of ether oxygens (including phenoxy) is 1. The van der Waals surface area contributed by atoms with Gasteiger partial charge in [0.25, 0.3) is 11.9 Å². The Morgan fingerprint density at radius 2 is 1.95 bits per heavy atom. The zero-order chi connectivity index (χ0) is 26.1. The topological polar surface area (TPSA) is 122 Å². The number of rotatable bonds is 6. The Labute approximate surface area is 213 Å². The molecular formula is C27H28N4O6. The normalized spacial score (nSPS) is 19.7. The molecule has 2 aliphatic rings. The summed E-state index contributed by atoms with van der Waals surface area (Å²) in [6.45, 7) is 3.92. The molecule has 0 radical (unpaired) electrons. The maximum absolute atomic E-state index is 13.5. The van der Waals surface area contributed by atoms with Crippen molar-refractivity contribution < 1.29 is 28.3 Å². The van der Waals surface area contributed by atoms with Gasteiger partial charge in [-0.3, -0.25) is 19.4 Å². The predicted octanol–water partition coefficient (Wildman–Crippen LogP) is 3.09. The number of aromatic nitrogens is 1. The smallest absolute Gasteiger partial charge is 0.415 e. The van der Waals surface area contributed by atoms with Gasteiger partial charge in [-0.15, -0.1) is 0 Å². The highest BCUT2D eigenvalue weighted by atomic mass is 16.6. The molecule has 2 aromatic heterocycles. The Hall–Kier alpha value is -4.21. The summed E-state index contributed by atoms with van der Waals surface area (Å²) in [6, 6.07) is 10.3. The number of ketones is 1. The molecule has 10 nitrogen and oxygen atoms in total. The Balaban J connectivity index is 1.28. The molecule has 2 saturated heterocycles. The molecule has 2 fully saturated rings. The number of hydrogen-bond acceptors (Lipinski definition) is 7. The molecule has 0 bridgehead atoms. The minimum atomic E-state index is -0.880. The van der Waals surface area contributed by atoms with Crippen molar-refractivity contribution in [3.05, 3.63) is 59.9 Å². The molecule has 2 aliphatic heterocycles. The maximum atomic E-state index is 13.5. The van der Waals surface area contributed by atoms with Gasteiger partial charge in [-0.2, -0.15) is 0 Å². The number of fused-ring (bicyclic) bond motifs is 2. The lowest BCUT2D eigenvalue weighted by molar-refractivity contribution is -0.138. The molecule has 10 heteroatoms. The Kier molecular flexibility index (Phi) is 6.64. The van der Waals surface area contributed by atoms with Gasteiger partial charge in [0.2, 0.25) is 5.91 Å². The molecule has 0 aliphatic carbocycles. The number of likely N-dealkylation sites (tertiary alicyclic amines) is 2. The largest absolute Gasteiger partial charge is 0.425 e. The van der Waals surface area contributed by atoms with E-state index in [-0.39, 0.29) is 35.8 Å². The van der Waals surface area contributed by atoms with Crippen LogP contribution >= 0.6 is 0 Å². The number of hydrogen-bond donors (Lipinski definition) is 1. The van der Waals surface area contributed by atoms with Crippen LogP contribution in [0.3, 0.4) is 0 Å². The molecule has 192 valence electrons. The molecule has 3 atom stereocenters. The van der Waals surface area contributed by atoms with Gasteiger partial charge in [0.05, 0.1) is 12.6 Å². The fraction of sp³-hybridized carbons (Fsp3) is 0.370. The number of pyridine rings is 1. The number of amides is 3. The summed E-state index contributed by atoms with van der Waals surface area (Å²) >= 11 is 0. The van der Waals surface area contributed by atoms with Crippen LogP contribution < -0.4 is 10.1 Å². The van der Waals surface area contributed by atoms with Crippen LogP contribution in [0.4, 0.5) is 4.79 Å². The van der Waals surface area contributed by atoms with Crippen molar-refractivity contribution in [1.82, 2.24) is 20.1 Å². The van der Waals surface area contributed by atoms with Crippen LogP contribution in [-0.4, -0.2) is 69.7 Å². The molecule has 37 heavy (non-hydrogen) atoms. The van der Waals surface area contributed by atoms with E-state index in [2.05, 4.69) is 10.3 Å². The summed E-state index contributed by atoms with van der Waals surface area (Å²) in [6.07, 6.45) is 2.18. The lowest BCUT2D eigenvalue weighted by Crippen LogP contribution is -2.53. The number of furan rings is 1. The van der Waals surface area contributed by atoms with Gasteiger partial charge in [-0.1, -0.05) is 37.6 Å². The van der Waals surface area contributed by atoms with Crippen molar-refractivity contribution in [3.8, 4) is 5.95 Å². The standard InChI is InChI=1S/C27H28N4O6/c1-3-8-19(29-27(35)37-26-16(2)17-9-4-5-11-22(17)36-26)25(34)30-14-12-20-23(30)21(32)15-31(20)24(33)18-10-6-7-13-28-18/h4-7,9-11,13,19-20,23H,3,8,12,14-15H2,1-2H3,(H,29,35). The average Bonchev–Trinajstić information content (AvgIpc) is 3.57. The van der Waals surface area contributed by atoms with Gasteiger partial charge >= 0.3 is 6.09 Å². The van der Waals surface area contributed by atoms with Crippen molar-refractivity contribution in [1.29, 1.82) is 0 Å². The summed E-state index contributed by atoms with van der Waals surface area (Å²) in [7, 11) is 0. The summed E-state index contributed by atoms with van der Waals surface area (Å²) in [5.41, 5.74) is 1.53. The number of para-hydroxylation sites is 1. The number of benzene rings is 1. The maximum Gasteiger partial charge on any atom is 0.415 e. The van der Waals surface area contributed by atoms with E-state index in [0.29, 0.717) is 37.0 Å². The first-order valence-electron chi connectivity index (χ1n) is 12.4. The van der Waals surface area contributed by atoms with Crippen LogP contribution in [-0.2, 0) is 9.59 Å². The molecule has 3 unspecified atom stereocenters. The Morgan fingerprint density at radius 3 is 2.68 bits per heavy atom. The lowest BCUT2D eigenvalue weighted by Gasteiger charge is -2.28. The summed E-state index contributed by atoms with van der Waals surface area (Å²) in [4.78, 5) is 59.3. The third-order valence-corrected chi connectivity index (χ3v) is 7.00. The first-order valence-corrected chi connectivity index (χ1v) is 12.4. The van der Waals surface area contributed by atoms with Crippen molar-refractivity contribution in [2.45, 2.75) is 51.2 Å².